The van der Waals surface area contributed by atoms with Crippen molar-refractivity contribution in [1.29, 1.82) is 0 Å². The van der Waals surface area contributed by atoms with E-state index in [2.05, 4.69) is 0 Å². The number of hydrogen-bond acceptors (Lipinski definition) is 5. The predicted molar refractivity (Wildman–Crippen MR) is 116 cm³/mol. The fourth-order valence-electron chi connectivity index (χ4n) is 3.66. The van der Waals surface area contributed by atoms with Crippen molar-refractivity contribution in [1.82, 2.24) is 13.8 Å². The van der Waals surface area contributed by atoms with Crippen LogP contribution in [0.1, 0.15) is 48.3 Å². The van der Waals surface area contributed by atoms with Gasteiger partial charge in [-0.25, -0.2) is 22.0 Å². The summed E-state index contributed by atoms with van der Waals surface area (Å²) >= 11 is 0. The van der Waals surface area contributed by atoms with Crippen molar-refractivity contribution in [2.45, 2.75) is 42.0 Å². The number of aryl methyl sites for hydroxylation is 1. The van der Waals surface area contributed by atoms with Crippen molar-refractivity contribution in [3.8, 4) is 0 Å². The largest absolute Gasteiger partial charge is 0.345 e. The second-order valence-electron chi connectivity index (χ2n) is 7.84. The molecule has 170 valence electrons. The second kappa shape index (κ2) is 8.73. The van der Waals surface area contributed by atoms with Crippen LogP contribution in [0.15, 0.2) is 46.3 Å². The van der Waals surface area contributed by atoms with Gasteiger partial charge in [-0.15, -0.1) is 0 Å². The molecule has 2 aromatic rings. The van der Waals surface area contributed by atoms with Crippen LogP contribution in [0.25, 0.3) is 0 Å². The summed E-state index contributed by atoms with van der Waals surface area (Å²) in [6.07, 6.45) is 4.16. The summed E-state index contributed by atoms with van der Waals surface area (Å²) in [5, 5.41) is 5.13. The van der Waals surface area contributed by atoms with Gasteiger partial charge in [-0.2, -0.15) is 4.31 Å². The van der Waals surface area contributed by atoms with Crippen LogP contribution in [-0.2, 0) is 27.1 Å². The van der Waals surface area contributed by atoms with Crippen LogP contribution >= 0.6 is 0 Å². The minimum Gasteiger partial charge on any atom is -0.345 e. The lowest BCUT2D eigenvalue weighted by atomic mass is 10.1. The molecule has 1 fully saturated rings. The first kappa shape index (κ1) is 23.5. The fourth-order valence-corrected chi connectivity index (χ4v) is 5.76. The van der Waals surface area contributed by atoms with E-state index in [9.17, 15) is 21.6 Å². The van der Waals surface area contributed by atoms with Crippen LogP contribution in [-0.4, -0.2) is 56.7 Å². The molecule has 0 spiro atoms. The van der Waals surface area contributed by atoms with Gasteiger partial charge in [0, 0.05) is 33.4 Å². The quantitative estimate of drug-likeness (QED) is 0.691. The molecule has 1 aliphatic heterocycles. The zero-order valence-corrected chi connectivity index (χ0v) is 19.5. The molecule has 2 heterocycles. The number of carbonyl (C=O) groups excluding carboxylic acids is 1. The Hall–Kier alpha value is -2.21. The first-order valence-corrected chi connectivity index (χ1v) is 13.0. The zero-order valence-electron chi connectivity index (χ0n) is 17.9. The number of primary sulfonamides is 1. The minimum absolute atomic E-state index is 0.00701. The second-order valence-corrected chi connectivity index (χ2v) is 11.3. The van der Waals surface area contributed by atoms with Crippen LogP contribution < -0.4 is 5.14 Å². The summed E-state index contributed by atoms with van der Waals surface area (Å²) in [5.74, 6) is -0.342. The molecular weight excluding hydrogens is 440 g/mol. The monoisotopic (exact) mass is 468 g/mol. The lowest BCUT2D eigenvalue weighted by Crippen LogP contribution is -2.35. The molecule has 11 heteroatoms. The van der Waals surface area contributed by atoms with Crippen LogP contribution in [0.3, 0.4) is 0 Å². The highest BCUT2D eigenvalue weighted by molar-refractivity contribution is 7.89. The Labute approximate surface area is 183 Å². The SMILES string of the molecule is CC(c1ccc(S(N)(=O)=O)cc1)N(C)C(=O)c1cc(S(=O)(=O)N2CCCCC2)cn1C. The third-order valence-electron chi connectivity index (χ3n) is 5.74. The Morgan fingerprint density at radius 2 is 1.61 bits per heavy atom. The van der Waals surface area contributed by atoms with Gasteiger partial charge in [-0.05, 0) is 43.5 Å². The molecule has 0 saturated carbocycles. The molecule has 1 aromatic heterocycles. The van der Waals surface area contributed by atoms with E-state index in [0.29, 0.717) is 13.1 Å². The molecule has 0 radical (unpaired) electrons. The molecule has 1 atom stereocenters. The molecule has 1 aromatic carbocycles. The van der Waals surface area contributed by atoms with Crippen LogP contribution in [0, 0.1) is 0 Å². The van der Waals surface area contributed by atoms with Gasteiger partial charge in [0.2, 0.25) is 20.0 Å². The zero-order chi connectivity index (χ0) is 23.0. The van der Waals surface area contributed by atoms with E-state index >= 15 is 0 Å². The predicted octanol–water partition coefficient (Wildman–Crippen LogP) is 1.68. The van der Waals surface area contributed by atoms with Gasteiger partial charge < -0.3 is 9.47 Å². The Bertz CT molecular complexity index is 1160. The molecule has 1 amide bonds. The Balaban J connectivity index is 1.82. The first-order valence-electron chi connectivity index (χ1n) is 9.99. The molecule has 0 aliphatic carbocycles. The third-order valence-corrected chi connectivity index (χ3v) is 8.54. The molecule has 1 aliphatic rings. The van der Waals surface area contributed by atoms with Gasteiger partial charge in [0.1, 0.15) is 10.6 Å². The molecule has 9 nitrogen and oxygen atoms in total. The van der Waals surface area contributed by atoms with E-state index in [1.165, 1.54) is 38.2 Å². The molecule has 3 rings (SSSR count). The van der Waals surface area contributed by atoms with E-state index in [1.807, 2.05) is 0 Å². The Morgan fingerprint density at radius 1 is 1.03 bits per heavy atom. The summed E-state index contributed by atoms with van der Waals surface area (Å²) in [6, 6.07) is 7.03. The first-order chi connectivity index (χ1) is 14.4. The van der Waals surface area contributed by atoms with Crippen LogP contribution in [0.2, 0.25) is 0 Å². The topological polar surface area (TPSA) is 123 Å². The summed E-state index contributed by atoms with van der Waals surface area (Å²) in [7, 11) is -4.18. The normalized spacial score (nSPS) is 16.8. The molecule has 2 N–H and O–H groups in total. The lowest BCUT2D eigenvalue weighted by Gasteiger charge is -2.26. The average molecular weight is 469 g/mol. The van der Waals surface area contributed by atoms with Gasteiger partial charge in [0.05, 0.1) is 10.9 Å². The van der Waals surface area contributed by atoms with Crippen LogP contribution in [0.4, 0.5) is 0 Å². The van der Waals surface area contributed by atoms with Gasteiger partial charge in [-0.3, -0.25) is 4.79 Å². The number of carbonyl (C=O) groups is 1. The lowest BCUT2D eigenvalue weighted by molar-refractivity contribution is 0.0733. The van der Waals surface area contributed by atoms with Crippen molar-refractivity contribution < 1.29 is 21.6 Å². The van der Waals surface area contributed by atoms with E-state index < -0.39 is 20.0 Å². The van der Waals surface area contributed by atoms with E-state index in [0.717, 1.165) is 24.8 Å². The standard InChI is InChI=1S/C20H28N4O5S2/c1-15(16-7-9-17(10-8-16)30(21,26)27)23(3)20(25)19-13-18(14-22(19)2)31(28,29)24-11-5-4-6-12-24/h7-10,13-15H,4-6,11-12H2,1-3H3,(H2,21,26,27). The maximum atomic E-state index is 13.1. The summed E-state index contributed by atoms with van der Waals surface area (Å²) in [6.45, 7) is 2.79. The molecular formula is C20H28N4O5S2. The number of nitrogens with two attached hydrogens (primary N) is 1. The maximum Gasteiger partial charge on any atom is 0.270 e. The van der Waals surface area contributed by atoms with Crippen molar-refractivity contribution >= 4 is 26.0 Å². The van der Waals surface area contributed by atoms with Crippen molar-refractivity contribution in [2.75, 3.05) is 20.1 Å². The number of nitrogens with zero attached hydrogens (tertiary/aromatic N) is 3. The highest BCUT2D eigenvalue weighted by atomic mass is 32.2. The van der Waals surface area contributed by atoms with Crippen molar-refractivity contribution in [2.24, 2.45) is 12.2 Å². The highest BCUT2D eigenvalue weighted by Crippen LogP contribution is 2.25. The van der Waals surface area contributed by atoms with E-state index in [4.69, 9.17) is 5.14 Å². The summed E-state index contributed by atoms with van der Waals surface area (Å²) in [4.78, 5) is 14.7. The number of hydrogen-bond donors (Lipinski definition) is 1. The highest BCUT2D eigenvalue weighted by Gasteiger charge is 2.30. The number of amides is 1. The molecule has 1 unspecified atom stereocenters. The fraction of sp³-hybridized carbons (Fsp3) is 0.450. The van der Waals surface area contributed by atoms with Crippen LogP contribution in [0.5, 0.6) is 0 Å². The van der Waals surface area contributed by atoms with Gasteiger partial charge in [-0.1, -0.05) is 18.6 Å². The molecule has 31 heavy (non-hydrogen) atoms. The van der Waals surface area contributed by atoms with E-state index in [-0.39, 0.29) is 27.4 Å². The summed E-state index contributed by atoms with van der Waals surface area (Å²) < 4.78 is 51.7. The number of rotatable bonds is 6. The smallest absolute Gasteiger partial charge is 0.270 e. The Kier molecular flexibility index (Phi) is 6.61. The number of piperidine rings is 1. The number of benzene rings is 1. The molecule has 0 bridgehead atoms. The van der Waals surface area contributed by atoms with Gasteiger partial charge in [0.15, 0.2) is 0 Å². The average Bonchev–Trinajstić information content (AvgIpc) is 3.14. The van der Waals surface area contributed by atoms with Gasteiger partial charge in [0.25, 0.3) is 5.91 Å². The van der Waals surface area contributed by atoms with Crippen molar-refractivity contribution in [3.63, 3.8) is 0 Å². The minimum atomic E-state index is -3.80. The van der Waals surface area contributed by atoms with Gasteiger partial charge >= 0.3 is 0 Å². The van der Waals surface area contributed by atoms with Crippen molar-refractivity contribution in [3.05, 3.63) is 47.8 Å². The summed E-state index contributed by atoms with van der Waals surface area (Å²) in [5.41, 5.74) is 0.977. The molecule has 1 saturated heterocycles. The maximum absolute atomic E-state index is 13.1. The Morgan fingerprint density at radius 3 is 2.16 bits per heavy atom. The van der Waals surface area contributed by atoms with E-state index in [1.54, 1.807) is 33.2 Å². The third kappa shape index (κ3) is 4.84. The number of sulfonamides is 2. The number of aromatic nitrogens is 1.